The molecule has 0 amide bonds. The summed E-state index contributed by atoms with van der Waals surface area (Å²) in [7, 11) is 0. The molecule has 3 nitrogen and oxygen atoms in total. The predicted molar refractivity (Wildman–Crippen MR) is 52.4 cm³/mol. The summed E-state index contributed by atoms with van der Waals surface area (Å²) >= 11 is 0. The third-order valence-corrected chi connectivity index (χ3v) is 1.36. The molecule has 12 heavy (non-hydrogen) atoms. The fraction of sp³-hybridized carbons (Fsp3) is 0.111. The Morgan fingerprint density at radius 1 is 1.33 bits per heavy atom. The molecule has 0 radical (unpaired) electrons. The van der Waals surface area contributed by atoms with Gasteiger partial charge in [0.25, 0.3) is 0 Å². The number of aliphatic imine (C=N–C) groups is 1. The molecule has 0 aliphatic heterocycles. The Bertz CT molecular complexity index is 274. The lowest BCUT2D eigenvalue weighted by molar-refractivity contribution is 1.47. The highest BCUT2D eigenvalue weighted by atomic mass is 14.7. The lowest BCUT2D eigenvalue weighted by Gasteiger charge is -1.93. The molecule has 0 aliphatic carbocycles. The van der Waals surface area contributed by atoms with Crippen LogP contribution in [0.2, 0.25) is 0 Å². The van der Waals surface area contributed by atoms with E-state index in [1.807, 2.05) is 12.1 Å². The largest absolute Gasteiger partial charge is 0.399 e. The maximum atomic E-state index is 6.77. The third-order valence-electron chi connectivity index (χ3n) is 1.36. The number of benzene rings is 1. The third kappa shape index (κ3) is 2.54. The monoisotopic (exact) mass is 161 g/mol. The Morgan fingerprint density at radius 2 is 2.00 bits per heavy atom. The number of hydrogen-bond acceptors (Lipinski definition) is 3. The van der Waals surface area contributed by atoms with Crippen molar-refractivity contribution in [2.45, 2.75) is 6.42 Å². The number of nitrogens with one attached hydrogen (secondary N) is 1. The second-order valence-electron chi connectivity index (χ2n) is 2.34. The summed E-state index contributed by atoms with van der Waals surface area (Å²) in [5.41, 5.74) is 7.10. The Kier molecular flexibility index (Phi) is 3.02. The summed E-state index contributed by atoms with van der Waals surface area (Å²) < 4.78 is 0. The molecule has 1 aromatic rings. The Balaban J connectivity index is 2.64. The van der Waals surface area contributed by atoms with Gasteiger partial charge in [-0.1, -0.05) is 0 Å². The van der Waals surface area contributed by atoms with Crippen LogP contribution in [0, 0.1) is 5.41 Å². The van der Waals surface area contributed by atoms with E-state index in [0.717, 1.165) is 11.4 Å². The number of nitrogen functional groups attached to an aromatic ring is 1. The molecule has 3 N–H and O–H groups in total. The van der Waals surface area contributed by atoms with E-state index in [1.165, 1.54) is 6.21 Å². The zero-order valence-corrected chi connectivity index (χ0v) is 6.70. The first-order chi connectivity index (χ1) is 5.83. The van der Waals surface area contributed by atoms with Crippen LogP contribution in [0.1, 0.15) is 6.42 Å². The van der Waals surface area contributed by atoms with Crippen molar-refractivity contribution in [3.8, 4) is 0 Å². The van der Waals surface area contributed by atoms with Gasteiger partial charge in [-0.2, -0.15) is 0 Å². The summed E-state index contributed by atoms with van der Waals surface area (Å²) in [6.45, 7) is 0. The molecule has 0 aromatic heterocycles. The van der Waals surface area contributed by atoms with Gasteiger partial charge in [-0.05, 0) is 24.3 Å². The van der Waals surface area contributed by atoms with Crippen molar-refractivity contribution in [1.29, 1.82) is 5.41 Å². The summed E-state index contributed by atoms with van der Waals surface area (Å²) in [5.74, 6) is 0. The van der Waals surface area contributed by atoms with Crippen LogP contribution in [0.15, 0.2) is 29.3 Å². The van der Waals surface area contributed by atoms with Crippen molar-refractivity contribution in [2.75, 3.05) is 5.73 Å². The second-order valence-corrected chi connectivity index (χ2v) is 2.34. The van der Waals surface area contributed by atoms with E-state index in [2.05, 4.69) is 4.99 Å². The summed E-state index contributed by atoms with van der Waals surface area (Å²) in [6.07, 6.45) is 3.57. The molecule has 0 bridgehead atoms. The smallest absolute Gasteiger partial charge is 0.0627 e. The van der Waals surface area contributed by atoms with E-state index in [0.29, 0.717) is 6.42 Å². The van der Waals surface area contributed by atoms with Gasteiger partial charge < -0.3 is 11.1 Å². The maximum absolute atomic E-state index is 6.77. The van der Waals surface area contributed by atoms with Crippen molar-refractivity contribution in [3.63, 3.8) is 0 Å². The van der Waals surface area contributed by atoms with Gasteiger partial charge in [-0.3, -0.25) is 4.99 Å². The molecule has 0 spiro atoms. The highest BCUT2D eigenvalue weighted by molar-refractivity contribution is 5.79. The average molecular weight is 161 g/mol. The molecule has 62 valence electrons. The normalized spacial score (nSPS) is 10.3. The predicted octanol–water partition coefficient (Wildman–Crippen LogP) is 2.01. The van der Waals surface area contributed by atoms with Gasteiger partial charge in [-0.25, -0.2) is 0 Å². The molecule has 0 aliphatic rings. The maximum Gasteiger partial charge on any atom is 0.0627 e. The topological polar surface area (TPSA) is 62.2 Å². The average Bonchev–Trinajstić information content (AvgIpc) is 2.09. The zero-order valence-electron chi connectivity index (χ0n) is 6.70. The van der Waals surface area contributed by atoms with Gasteiger partial charge >= 0.3 is 0 Å². The van der Waals surface area contributed by atoms with Crippen LogP contribution in [0.25, 0.3) is 0 Å². The molecular weight excluding hydrogens is 150 g/mol. The first-order valence-corrected chi connectivity index (χ1v) is 3.70. The van der Waals surface area contributed by atoms with Gasteiger partial charge in [0.1, 0.15) is 0 Å². The number of nitrogens with zero attached hydrogens (tertiary/aromatic N) is 1. The summed E-state index contributed by atoms with van der Waals surface area (Å²) in [4.78, 5) is 4.11. The van der Waals surface area contributed by atoms with E-state index in [1.54, 1.807) is 18.3 Å². The standard InChI is InChI=1S/C9H11N3/c10-6-1-7-12-9-4-2-8(11)3-5-9/h2-7,10H,1,11H2. The van der Waals surface area contributed by atoms with Crippen LogP contribution in [-0.4, -0.2) is 12.4 Å². The Hall–Kier alpha value is -1.64. The van der Waals surface area contributed by atoms with Crippen LogP contribution >= 0.6 is 0 Å². The van der Waals surface area contributed by atoms with Crippen LogP contribution in [0.4, 0.5) is 11.4 Å². The Morgan fingerprint density at radius 3 is 2.58 bits per heavy atom. The SMILES string of the molecule is N=CCC=Nc1ccc(N)cc1. The van der Waals surface area contributed by atoms with E-state index < -0.39 is 0 Å². The first kappa shape index (κ1) is 8.46. The van der Waals surface area contributed by atoms with Crippen molar-refractivity contribution >= 4 is 23.8 Å². The second kappa shape index (κ2) is 4.28. The van der Waals surface area contributed by atoms with Crippen molar-refractivity contribution in [2.24, 2.45) is 4.99 Å². The van der Waals surface area contributed by atoms with Gasteiger partial charge in [0.2, 0.25) is 0 Å². The van der Waals surface area contributed by atoms with E-state index in [4.69, 9.17) is 11.1 Å². The molecule has 0 saturated carbocycles. The first-order valence-electron chi connectivity index (χ1n) is 3.70. The number of nitrogens with two attached hydrogens (primary N) is 1. The summed E-state index contributed by atoms with van der Waals surface area (Å²) in [6, 6.07) is 7.29. The van der Waals surface area contributed by atoms with Crippen molar-refractivity contribution in [3.05, 3.63) is 24.3 Å². The fourth-order valence-corrected chi connectivity index (χ4v) is 0.771. The van der Waals surface area contributed by atoms with E-state index in [9.17, 15) is 0 Å². The van der Waals surface area contributed by atoms with Crippen LogP contribution in [0.3, 0.4) is 0 Å². The van der Waals surface area contributed by atoms with Gasteiger partial charge in [-0.15, -0.1) is 0 Å². The minimum atomic E-state index is 0.574. The number of rotatable bonds is 3. The highest BCUT2D eigenvalue weighted by Crippen LogP contribution is 2.12. The van der Waals surface area contributed by atoms with Gasteiger partial charge in [0.05, 0.1) is 5.69 Å². The molecule has 1 aromatic carbocycles. The lowest BCUT2D eigenvalue weighted by Crippen LogP contribution is -1.81. The Labute approximate surface area is 71.4 Å². The van der Waals surface area contributed by atoms with Gasteiger partial charge in [0.15, 0.2) is 0 Å². The quantitative estimate of drug-likeness (QED) is 0.517. The molecule has 0 unspecified atom stereocenters. The molecular formula is C9H11N3. The van der Waals surface area contributed by atoms with E-state index in [-0.39, 0.29) is 0 Å². The van der Waals surface area contributed by atoms with Crippen molar-refractivity contribution < 1.29 is 0 Å². The van der Waals surface area contributed by atoms with Gasteiger partial charge in [0, 0.05) is 24.5 Å². The molecule has 1 rings (SSSR count). The van der Waals surface area contributed by atoms with E-state index >= 15 is 0 Å². The lowest BCUT2D eigenvalue weighted by atomic mass is 10.3. The molecule has 0 heterocycles. The van der Waals surface area contributed by atoms with Crippen LogP contribution < -0.4 is 5.73 Å². The number of anilines is 1. The summed E-state index contributed by atoms with van der Waals surface area (Å²) in [5, 5.41) is 6.77. The minimum absolute atomic E-state index is 0.574. The fourth-order valence-electron chi connectivity index (χ4n) is 0.771. The zero-order chi connectivity index (χ0) is 8.81. The van der Waals surface area contributed by atoms with Crippen molar-refractivity contribution in [1.82, 2.24) is 0 Å². The highest BCUT2D eigenvalue weighted by Gasteiger charge is 1.85. The molecule has 0 saturated heterocycles. The number of hydrogen-bond donors (Lipinski definition) is 2. The van der Waals surface area contributed by atoms with Crippen LogP contribution in [-0.2, 0) is 0 Å². The van der Waals surface area contributed by atoms with Crippen LogP contribution in [0.5, 0.6) is 0 Å². The molecule has 0 atom stereocenters. The molecule has 3 heteroatoms. The minimum Gasteiger partial charge on any atom is -0.399 e. The molecule has 0 fully saturated rings.